The van der Waals surface area contributed by atoms with E-state index in [9.17, 15) is 4.39 Å². The van der Waals surface area contributed by atoms with Gasteiger partial charge in [0.2, 0.25) is 0 Å². The first kappa shape index (κ1) is 17.5. The number of hydrogen-bond acceptors (Lipinski definition) is 4. The van der Waals surface area contributed by atoms with Crippen LogP contribution in [0, 0.1) is 11.7 Å². The molecule has 0 spiro atoms. The van der Waals surface area contributed by atoms with Gasteiger partial charge in [-0.1, -0.05) is 30.3 Å². The molecule has 4 rings (SSSR count). The summed E-state index contributed by atoms with van der Waals surface area (Å²) in [6.07, 6.45) is 1.89. The maximum atomic E-state index is 14.5. The van der Waals surface area contributed by atoms with Gasteiger partial charge in [-0.25, -0.2) is 4.39 Å². The van der Waals surface area contributed by atoms with E-state index in [1.54, 1.807) is 6.07 Å². The highest BCUT2D eigenvalue weighted by molar-refractivity contribution is 5.38. The number of ether oxygens (including phenoxy) is 1. The van der Waals surface area contributed by atoms with Crippen molar-refractivity contribution in [3.63, 3.8) is 0 Å². The summed E-state index contributed by atoms with van der Waals surface area (Å²) < 4.78 is 20.7. The minimum atomic E-state index is -0.350. The zero-order valence-corrected chi connectivity index (χ0v) is 14.9. The van der Waals surface area contributed by atoms with Crippen molar-refractivity contribution in [3.8, 4) is 5.75 Å². The molecule has 0 bridgehead atoms. The number of likely N-dealkylation sites (tertiary alicyclic amines) is 1. The van der Waals surface area contributed by atoms with Crippen LogP contribution in [0.4, 0.5) is 4.39 Å². The van der Waals surface area contributed by atoms with Crippen LogP contribution in [0.1, 0.15) is 29.2 Å². The Kier molecular flexibility index (Phi) is 4.94. The smallest absolute Gasteiger partial charge is 0.165 e. The third-order valence-corrected chi connectivity index (χ3v) is 5.75. The highest BCUT2D eigenvalue weighted by atomic mass is 19.1. The molecule has 0 unspecified atom stereocenters. The number of fused-ring (bicyclic) bond motifs is 1. The second-order valence-corrected chi connectivity index (χ2v) is 7.36. The van der Waals surface area contributed by atoms with E-state index in [0.29, 0.717) is 18.2 Å². The van der Waals surface area contributed by atoms with E-state index < -0.39 is 0 Å². The van der Waals surface area contributed by atoms with Crippen LogP contribution >= 0.6 is 0 Å². The Morgan fingerprint density at radius 2 is 2.00 bits per heavy atom. The van der Waals surface area contributed by atoms with Gasteiger partial charge in [0.15, 0.2) is 11.6 Å². The summed E-state index contributed by atoms with van der Waals surface area (Å²) in [4.78, 5) is 2.47. The van der Waals surface area contributed by atoms with Crippen LogP contribution in [-0.2, 0) is 13.0 Å². The van der Waals surface area contributed by atoms with Gasteiger partial charge in [-0.05, 0) is 60.7 Å². The van der Waals surface area contributed by atoms with Crippen LogP contribution < -0.4 is 16.2 Å². The van der Waals surface area contributed by atoms with Crippen molar-refractivity contribution in [3.05, 3.63) is 65.0 Å². The van der Waals surface area contributed by atoms with E-state index in [0.717, 1.165) is 43.6 Å². The normalized spacial score (nSPS) is 25.4. The Morgan fingerprint density at radius 1 is 1.15 bits per heavy atom. The first-order chi connectivity index (χ1) is 12.7. The van der Waals surface area contributed by atoms with E-state index in [4.69, 9.17) is 16.2 Å². The van der Waals surface area contributed by atoms with Gasteiger partial charge in [-0.2, -0.15) is 0 Å². The quantitative estimate of drug-likeness (QED) is 0.865. The molecular weight excluding hydrogens is 329 g/mol. The van der Waals surface area contributed by atoms with Gasteiger partial charge in [-0.15, -0.1) is 0 Å². The lowest BCUT2D eigenvalue weighted by molar-refractivity contribution is 0.0883. The standard InChI is InChI=1S/C21H26FN3O/c22-18-9-14(11-23)5-6-20(18)26-21-17-4-2-1-3-16(17)10-19(21)25-8-7-15(12-24)13-25/h1-6,9,15,19,21H,7-8,10-13,23-24H2/t15-,19-,21-/m1/s1. The monoisotopic (exact) mass is 355 g/mol. The third kappa shape index (κ3) is 3.22. The number of nitrogens with two attached hydrogens (primary N) is 2. The van der Waals surface area contributed by atoms with Crippen LogP contribution in [0.2, 0.25) is 0 Å². The number of hydrogen-bond donors (Lipinski definition) is 2. The Balaban J connectivity index is 1.62. The zero-order valence-electron chi connectivity index (χ0n) is 14.9. The molecule has 2 aromatic carbocycles. The maximum absolute atomic E-state index is 14.5. The molecule has 1 saturated heterocycles. The van der Waals surface area contributed by atoms with E-state index in [-0.39, 0.29) is 18.0 Å². The van der Waals surface area contributed by atoms with Gasteiger partial charge < -0.3 is 16.2 Å². The van der Waals surface area contributed by atoms with E-state index in [1.807, 2.05) is 12.1 Å². The summed E-state index contributed by atoms with van der Waals surface area (Å²) in [5, 5.41) is 0. The lowest BCUT2D eigenvalue weighted by Crippen LogP contribution is -2.39. The zero-order chi connectivity index (χ0) is 18.1. The molecule has 1 aliphatic heterocycles. The molecule has 2 aliphatic rings. The molecule has 4 N–H and O–H groups in total. The van der Waals surface area contributed by atoms with Crippen molar-refractivity contribution in [1.29, 1.82) is 0 Å². The van der Waals surface area contributed by atoms with Crippen molar-refractivity contribution in [2.45, 2.75) is 31.5 Å². The Hall–Kier alpha value is -1.95. The summed E-state index contributed by atoms with van der Waals surface area (Å²) in [5.74, 6) is 0.487. The van der Waals surface area contributed by atoms with Crippen molar-refractivity contribution in [2.75, 3.05) is 19.6 Å². The minimum absolute atomic E-state index is 0.166. The number of benzene rings is 2. The SMILES string of the molecule is NCc1ccc(O[C@@H]2c3ccccc3C[C@H]2N2CC[C@H](CN)C2)c(F)c1. The molecule has 0 saturated carbocycles. The molecule has 0 radical (unpaired) electrons. The molecule has 4 nitrogen and oxygen atoms in total. The van der Waals surface area contributed by atoms with Gasteiger partial charge in [0.05, 0.1) is 6.04 Å². The van der Waals surface area contributed by atoms with Crippen LogP contribution in [0.5, 0.6) is 5.75 Å². The van der Waals surface area contributed by atoms with Crippen molar-refractivity contribution in [1.82, 2.24) is 4.90 Å². The molecule has 2 aromatic rings. The fourth-order valence-electron chi connectivity index (χ4n) is 4.26. The molecule has 26 heavy (non-hydrogen) atoms. The first-order valence-electron chi connectivity index (χ1n) is 9.36. The summed E-state index contributed by atoms with van der Waals surface area (Å²) in [5.41, 5.74) is 14.7. The molecule has 0 aromatic heterocycles. The topological polar surface area (TPSA) is 64.5 Å². The Labute approximate surface area is 153 Å². The van der Waals surface area contributed by atoms with Crippen LogP contribution in [0.3, 0.4) is 0 Å². The Morgan fingerprint density at radius 3 is 2.73 bits per heavy atom. The van der Waals surface area contributed by atoms with Crippen LogP contribution in [0.15, 0.2) is 42.5 Å². The predicted molar refractivity (Wildman–Crippen MR) is 100 cm³/mol. The second kappa shape index (κ2) is 7.35. The molecule has 1 heterocycles. The Bertz CT molecular complexity index is 782. The molecule has 0 amide bonds. The lowest BCUT2D eigenvalue weighted by Gasteiger charge is -2.30. The summed E-state index contributed by atoms with van der Waals surface area (Å²) >= 11 is 0. The van der Waals surface area contributed by atoms with Crippen molar-refractivity contribution >= 4 is 0 Å². The fourth-order valence-corrected chi connectivity index (χ4v) is 4.26. The van der Waals surface area contributed by atoms with Gasteiger partial charge in [0.1, 0.15) is 6.10 Å². The summed E-state index contributed by atoms with van der Waals surface area (Å²) in [6.45, 7) is 3.05. The molecule has 5 heteroatoms. The molecule has 1 aliphatic carbocycles. The lowest BCUT2D eigenvalue weighted by atomic mass is 10.1. The predicted octanol–water partition coefficient (Wildman–Crippen LogP) is 2.61. The van der Waals surface area contributed by atoms with Crippen LogP contribution in [-0.4, -0.2) is 30.6 Å². The van der Waals surface area contributed by atoms with Crippen LogP contribution in [0.25, 0.3) is 0 Å². The minimum Gasteiger partial charge on any atom is -0.481 e. The van der Waals surface area contributed by atoms with Crippen molar-refractivity contribution in [2.24, 2.45) is 17.4 Å². The largest absolute Gasteiger partial charge is 0.481 e. The summed E-state index contributed by atoms with van der Waals surface area (Å²) in [7, 11) is 0. The maximum Gasteiger partial charge on any atom is 0.165 e. The molecule has 1 fully saturated rings. The fraction of sp³-hybridized carbons (Fsp3) is 0.429. The van der Waals surface area contributed by atoms with Crippen molar-refractivity contribution < 1.29 is 9.13 Å². The number of rotatable bonds is 5. The molecular formula is C21H26FN3O. The molecule has 3 atom stereocenters. The van der Waals surface area contributed by atoms with Gasteiger partial charge in [-0.3, -0.25) is 4.90 Å². The first-order valence-corrected chi connectivity index (χ1v) is 9.36. The highest BCUT2D eigenvalue weighted by Gasteiger charge is 2.40. The average molecular weight is 355 g/mol. The van der Waals surface area contributed by atoms with Gasteiger partial charge in [0.25, 0.3) is 0 Å². The van der Waals surface area contributed by atoms with E-state index in [2.05, 4.69) is 23.1 Å². The average Bonchev–Trinajstić information content (AvgIpc) is 3.28. The number of nitrogens with zero attached hydrogens (tertiary/aromatic N) is 1. The van der Waals surface area contributed by atoms with E-state index in [1.165, 1.54) is 11.6 Å². The van der Waals surface area contributed by atoms with E-state index >= 15 is 0 Å². The summed E-state index contributed by atoms with van der Waals surface area (Å²) in [6, 6.07) is 13.5. The highest BCUT2D eigenvalue weighted by Crippen LogP contribution is 2.40. The third-order valence-electron chi connectivity index (χ3n) is 5.75. The van der Waals surface area contributed by atoms with Gasteiger partial charge in [0, 0.05) is 13.1 Å². The molecule has 138 valence electrons. The number of halogens is 1. The van der Waals surface area contributed by atoms with Gasteiger partial charge >= 0.3 is 0 Å². The second-order valence-electron chi connectivity index (χ2n) is 7.36.